The van der Waals surface area contributed by atoms with E-state index in [1.807, 2.05) is 29.8 Å². The molecule has 0 spiro atoms. The topological polar surface area (TPSA) is 34.9 Å². The molecule has 0 saturated heterocycles. The molecule has 98 valence electrons. The van der Waals surface area contributed by atoms with E-state index >= 15 is 0 Å². The highest BCUT2D eigenvalue weighted by molar-refractivity contribution is 6.32. The van der Waals surface area contributed by atoms with Crippen LogP contribution >= 0.6 is 11.6 Å². The Balaban J connectivity index is 2.19. The molecule has 0 bridgehead atoms. The van der Waals surface area contributed by atoms with Crippen LogP contribution in [0.4, 0.5) is 0 Å². The Kier molecular flexibility index (Phi) is 3.15. The number of aromatic nitrogens is 2. The number of hydrogen-bond acceptors (Lipinski definition) is 2. The number of rotatable bonds is 2. The van der Waals surface area contributed by atoms with Crippen LogP contribution in [0, 0.1) is 6.92 Å². The van der Waals surface area contributed by atoms with Crippen LogP contribution < -0.4 is 0 Å². The van der Waals surface area contributed by atoms with E-state index in [4.69, 9.17) is 11.6 Å². The smallest absolute Gasteiger partial charge is 0.170 e. The van der Waals surface area contributed by atoms with Gasteiger partial charge in [0.1, 0.15) is 5.69 Å². The van der Waals surface area contributed by atoms with Gasteiger partial charge in [0, 0.05) is 11.3 Å². The second-order valence-electron chi connectivity index (χ2n) is 5.00. The van der Waals surface area contributed by atoms with E-state index in [2.05, 4.69) is 5.10 Å². The maximum atomic E-state index is 11.2. The molecule has 3 nitrogen and oxygen atoms in total. The van der Waals surface area contributed by atoms with Crippen molar-refractivity contribution in [1.29, 1.82) is 0 Å². The monoisotopic (exact) mass is 274 g/mol. The minimum atomic E-state index is 0.561. The molecule has 1 aromatic carbocycles. The van der Waals surface area contributed by atoms with Crippen LogP contribution in [0.15, 0.2) is 18.2 Å². The maximum absolute atomic E-state index is 11.2. The Labute approximate surface area is 117 Å². The third kappa shape index (κ3) is 2.08. The van der Waals surface area contributed by atoms with Gasteiger partial charge in [-0.15, -0.1) is 0 Å². The summed E-state index contributed by atoms with van der Waals surface area (Å²) in [4.78, 5) is 11.2. The molecule has 0 radical (unpaired) electrons. The minimum Gasteiger partial charge on any atom is -0.296 e. The van der Waals surface area contributed by atoms with Gasteiger partial charge >= 0.3 is 0 Å². The van der Waals surface area contributed by atoms with Crippen LogP contribution in [0.2, 0.25) is 5.02 Å². The van der Waals surface area contributed by atoms with Crippen LogP contribution in [0.3, 0.4) is 0 Å². The van der Waals surface area contributed by atoms with Gasteiger partial charge in [0.05, 0.1) is 10.7 Å². The standard InChI is InChI=1S/C15H15ClN2O/c1-10-6-7-15(12(16)8-10)18-14-5-3-2-4-11(14)13(9-19)17-18/h6-9H,2-5H2,1H3. The number of carbonyl (C=O) groups is 1. The Morgan fingerprint density at radius 2 is 2.11 bits per heavy atom. The van der Waals surface area contributed by atoms with Gasteiger partial charge in [-0.05, 0) is 50.3 Å². The SMILES string of the molecule is Cc1ccc(-n2nc(C=O)c3c2CCCC3)c(Cl)c1. The molecule has 0 aliphatic heterocycles. The second-order valence-corrected chi connectivity index (χ2v) is 5.41. The number of hydrogen-bond donors (Lipinski definition) is 0. The van der Waals surface area contributed by atoms with Gasteiger partial charge in [0.15, 0.2) is 6.29 Å². The number of nitrogens with zero attached hydrogens (tertiary/aromatic N) is 2. The van der Waals surface area contributed by atoms with E-state index in [9.17, 15) is 4.79 Å². The first-order chi connectivity index (χ1) is 9.20. The van der Waals surface area contributed by atoms with Crippen molar-refractivity contribution in [2.45, 2.75) is 32.6 Å². The van der Waals surface area contributed by atoms with Crippen molar-refractivity contribution in [3.8, 4) is 5.69 Å². The summed E-state index contributed by atoms with van der Waals surface area (Å²) < 4.78 is 1.85. The Morgan fingerprint density at radius 3 is 2.84 bits per heavy atom. The van der Waals surface area contributed by atoms with Crippen molar-refractivity contribution < 1.29 is 4.79 Å². The van der Waals surface area contributed by atoms with Crippen molar-refractivity contribution in [3.05, 3.63) is 45.7 Å². The van der Waals surface area contributed by atoms with Gasteiger partial charge in [0.2, 0.25) is 0 Å². The average molecular weight is 275 g/mol. The van der Waals surface area contributed by atoms with Crippen LogP contribution in [-0.4, -0.2) is 16.1 Å². The number of carbonyl (C=O) groups excluding carboxylic acids is 1. The molecule has 1 aromatic heterocycles. The first-order valence-corrected chi connectivity index (χ1v) is 6.91. The lowest BCUT2D eigenvalue weighted by molar-refractivity contribution is 0.111. The minimum absolute atomic E-state index is 0.561. The lowest BCUT2D eigenvalue weighted by Crippen LogP contribution is -2.08. The summed E-state index contributed by atoms with van der Waals surface area (Å²) in [5.41, 5.74) is 4.77. The summed E-state index contributed by atoms with van der Waals surface area (Å²) in [6.45, 7) is 2.01. The summed E-state index contributed by atoms with van der Waals surface area (Å²) in [6.07, 6.45) is 5.01. The second kappa shape index (κ2) is 4.82. The van der Waals surface area contributed by atoms with E-state index in [1.165, 1.54) is 0 Å². The van der Waals surface area contributed by atoms with E-state index in [1.54, 1.807) is 0 Å². The van der Waals surface area contributed by atoms with Crippen molar-refractivity contribution in [3.63, 3.8) is 0 Å². The van der Waals surface area contributed by atoms with E-state index in [0.717, 1.165) is 54.5 Å². The molecular weight excluding hydrogens is 260 g/mol. The maximum Gasteiger partial charge on any atom is 0.170 e. The lowest BCUT2D eigenvalue weighted by atomic mass is 9.96. The predicted octanol–water partition coefficient (Wildman–Crippen LogP) is 3.53. The molecule has 1 heterocycles. The highest BCUT2D eigenvalue weighted by Gasteiger charge is 2.22. The quantitative estimate of drug-likeness (QED) is 0.785. The Hall–Kier alpha value is -1.61. The van der Waals surface area contributed by atoms with Crippen LogP contribution in [0.25, 0.3) is 5.69 Å². The van der Waals surface area contributed by atoms with Crippen molar-refractivity contribution in [1.82, 2.24) is 9.78 Å². The number of halogens is 1. The molecule has 4 heteroatoms. The summed E-state index contributed by atoms with van der Waals surface area (Å²) in [5, 5.41) is 5.11. The van der Waals surface area contributed by atoms with Crippen molar-refractivity contribution in [2.24, 2.45) is 0 Å². The molecule has 2 aromatic rings. The van der Waals surface area contributed by atoms with Gasteiger partial charge < -0.3 is 0 Å². The molecule has 3 rings (SSSR count). The molecule has 1 aliphatic rings. The molecule has 19 heavy (non-hydrogen) atoms. The largest absolute Gasteiger partial charge is 0.296 e. The fraction of sp³-hybridized carbons (Fsp3) is 0.333. The van der Waals surface area contributed by atoms with E-state index in [-0.39, 0.29) is 0 Å². The van der Waals surface area contributed by atoms with Gasteiger partial charge in [-0.1, -0.05) is 17.7 Å². The molecular formula is C15H15ClN2O. The van der Waals surface area contributed by atoms with Crippen molar-refractivity contribution in [2.75, 3.05) is 0 Å². The molecule has 0 atom stereocenters. The van der Waals surface area contributed by atoms with Crippen LogP contribution in [-0.2, 0) is 12.8 Å². The normalized spacial score (nSPS) is 14.2. The predicted molar refractivity (Wildman–Crippen MR) is 75.3 cm³/mol. The molecule has 0 N–H and O–H groups in total. The van der Waals surface area contributed by atoms with Crippen molar-refractivity contribution >= 4 is 17.9 Å². The third-order valence-corrected chi connectivity index (χ3v) is 3.96. The third-order valence-electron chi connectivity index (χ3n) is 3.65. The summed E-state index contributed by atoms with van der Waals surface area (Å²) >= 11 is 6.31. The van der Waals surface area contributed by atoms with E-state index in [0.29, 0.717) is 10.7 Å². The molecule has 0 amide bonds. The van der Waals surface area contributed by atoms with Gasteiger partial charge in [-0.3, -0.25) is 4.79 Å². The first kappa shape index (κ1) is 12.4. The first-order valence-electron chi connectivity index (χ1n) is 6.53. The molecule has 0 saturated carbocycles. The fourth-order valence-corrected chi connectivity index (χ4v) is 3.02. The number of benzene rings is 1. The number of aldehydes is 1. The Bertz CT molecular complexity index is 646. The number of aryl methyl sites for hydroxylation is 1. The molecule has 0 unspecified atom stereocenters. The zero-order chi connectivity index (χ0) is 13.4. The molecule has 0 fully saturated rings. The van der Waals surface area contributed by atoms with Crippen LogP contribution in [0.5, 0.6) is 0 Å². The zero-order valence-corrected chi connectivity index (χ0v) is 11.6. The van der Waals surface area contributed by atoms with Gasteiger partial charge in [-0.25, -0.2) is 4.68 Å². The highest BCUT2D eigenvalue weighted by atomic mass is 35.5. The Morgan fingerprint density at radius 1 is 1.32 bits per heavy atom. The molecule has 1 aliphatic carbocycles. The average Bonchev–Trinajstić information content (AvgIpc) is 2.78. The van der Waals surface area contributed by atoms with Gasteiger partial charge in [-0.2, -0.15) is 5.10 Å². The highest BCUT2D eigenvalue weighted by Crippen LogP contribution is 2.29. The summed E-state index contributed by atoms with van der Waals surface area (Å²) in [6, 6.07) is 5.90. The van der Waals surface area contributed by atoms with Gasteiger partial charge in [0.25, 0.3) is 0 Å². The van der Waals surface area contributed by atoms with E-state index < -0.39 is 0 Å². The summed E-state index contributed by atoms with van der Waals surface area (Å²) in [5.74, 6) is 0. The zero-order valence-electron chi connectivity index (χ0n) is 10.8. The summed E-state index contributed by atoms with van der Waals surface area (Å²) in [7, 11) is 0. The number of fused-ring (bicyclic) bond motifs is 1. The lowest BCUT2D eigenvalue weighted by Gasteiger charge is -2.14. The fourth-order valence-electron chi connectivity index (χ4n) is 2.71. The van der Waals surface area contributed by atoms with Crippen LogP contribution in [0.1, 0.15) is 40.2 Å².